The summed E-state index contributed by atoms with van der Waals surface area (Å²) < 4.78 is 0. The minimum atomic E-state index is 0. The van der Waals surface area contributed by atoms with Crippen LogP contribution in [0.3, 0.4) is 0 Å². The quantitative estimate of drug-likeness (QED) is 0.862. The normalized spacial score (nSPS) is 26.8. The number of hydrogen-bond donors (Lipinski definition) is 1. The Labute approximate surface area is 156 Å². The number of likely N-dealkylation sites (tertiary alicyclic amines) is 1. The van der Waals surface area contributed by atoms with E-state index in [0.717, 1.165) is 45.7 Å². The first-order valence-electron chi connectivity index (χ1n) is 8.52. The zero-order valence-corrected chi connectivity index (χ0v) is 15.7. The van der Waals surface area contributed by atoms with Gasteiger partial charge < -0.3 is 10.2 Å². The van der Waals surface area contributed by atoms with E-state index < -0.39 is 0 Å². The van der Waals surface area contributed by atoms with Crippen molar-refractivity contribution in [3.8, 4) is 0 Å². The SMILES string of the molecule is CC(C(=O)N1C[C@H]2CNC[C@H]2C1)N1CCc2ccccc2C1.Cl.Cl. The molecule has 0 radical (unpaired) electrons. The van der Waals surface area contributed by atoms with Crippen molar-refractivity contribution in [3.63, 3.8) is 0 Å². The van der Waals surface area contributed by atoms with Crippen molar-refractivity contribution >= 4 is 30.7 Å². The molecular weight excluding hydrogens is 345 g/mol. The fourth-order valence-electron chi connectivity index (χ4n) is 4.30. The molecule has 4 nitrogen and oxygen atoms in total. The lowest BCUT2D eigenvalue weighted by molar-refractivity contribution is -0.136. The van der Waals surface area contributed by atoms with Gasteiger partial charge in [-0.1, -0.05) is 24.3 Å². The highest BCUT2D eigenvalue weighted by molar-refractivity contribution is 5.85. The maximum atomic E-state index is 12.9. The highest BCUT2D eigenvalue weighted by atomic mass is 35.5. The third-order valence-corrected chi connectivity index (χ3v) is 5.77. The molecule has 0 spiro atoms. The summed E-state index contributed by atoms with van der Waals surface area (Å²) in [5.41, 5.74) is 2.83. The van der Waals surface area contributed by atoms with Gasteiger partial charge in [0, 0.05) is 39.3 Å². The number of nitrogens with zero attached hydrogens (tertiary/aromatic N) is 2. The Hall–Kier alpha value is -0.810. The summed E-state index contributed by atoms with van der Waals surface area (Å²) in [5, 5.41) is 3.44. The standard InChI is InChI=1S/C18H25N3O.2ClH/c1-13(18(22)21-11-16-8-19-9-17(16)12-21)20-7-6-14-4-2-3-5-15(14)10-20;;/h2-5,13,16-17,19H,6-12H2,1H3;2*1H/t13?,16-,17+;;. The van der Waals surface area contributed by atoms with Gasteiger partial charge in [-0.15, -0.1) is 24.8 Å². The summed E-state index contributed by atoms with van der Waals surface area (Å²) in [6.07, 6.45) is 1.06. The van der Waals surface area contributed by atoms with Crippen molar-refractivity contribution < 1.29 is 4.79 Å². The number of nitrogens with one attached hydrogen (secondary N) is 1. The maximum Gasteiger partial charge on any atom is 0.239 e. The van der Waals surface area contributed by atoms with E-state index in [9.17, 15) is 4.79 Å². The van der Waals surface area contributed by atoms with Crippen molar-refractivity contribution in [2.24, 2.45) is 11.8 Å². The topological polar surface area (TPSA) is 35.6 Å². The molecule has 6 heteroatoms. The summed E-state index contributed by atoms with van der Waals surface area (Å²) in [4.78, 5) is 17.3. The largest absolute Gasteiger partial charge is 0.341 e. The van der Waals surface area contributed by atoms with E-state index in [1.807, 2.05) is 0 Å². The lowest BCUT2D eigenvalue weighted by Crippen LogP contribution is -2.48. The molecule has 1 amide bonds. The molecule has 1 aromatic rings. The third kappa shape index (κ3) is 3.57. The first-order valence-corrected chi connectivity index (χ1v) is 8.52. The van der Waals surface area contributed by atoms with Crippen molar-refractivity contribution in [2.45, 2.75) is 25.9 Å². The van der Waals surface area contributed by atoms with Crippen LogP contribution >= 0.6 is 24.8 Å². The van der Waals surface area contributed by atoms with Crippen LogP contribution in [-0.2, 0) is 17.8 Å². The molecule has 1 N–H and O–H groups in total. The monoisotopic (exact) mass is 371 g/mol. The molecule has 0 saturated carbocycles. The molecule has 0 bridgehead atoms. The number of carbonyl (C=O) groups is 1. The number of benzene rings is 1. The predicted molar refractivity (Wildman–Crippen MR) is 101 cm³/mol. The molecule has 3 aliphatic rings. The van der Waals surface area contributed by atoms with Crippen LogP contribution in [0.25, 0.3) is 0 Å². The minimum Gasteiger partial charge on any atom is -0.341 e. The van der Waals surface area contributed by atoms with Gasteiger partial charge in [-0.3, -0.25) is 9.69 Å². The molecule has 1 aromatic carbocycles. The summed E-state index contributed by atoms with van der Waals surface area (Å²) in [7, 11) is 0. The molecule has 0 aromatic heterocycles. The second kappa shape index (κ2) is 8.05. The van der Waals surface area contributed by atoms with Crippen molar-refractivity contribution in [3.05, 3.63) is 35.4 Å². The van der Waals surface area contributed by atoms with Crippen LogP contribution < -0.4 is 5.32 Å². The summed E-state index contributed by atoms with van der Waals surface area (Å²) >= 11 is 0. The first kappa shape index (κ1) is 19.5. The number of fused-ring (bicyclic) bond motifs is 2. The number of halogens is 2. The second-order valence-corrected chi connectivity index (χ2v) is 7.09. The summed E-state index contributed by atoms with van der Waals surface area (Å²) in [6.45, 7) is 8.05. The van der Waals surface area contributed by atoms with Crippen LogP contribution in [0.5, 0.6) is 0 Å². The van der Waals surface area contributed by atoms with Crippen LogP contribution in [0.4, 0.5) is 0 Å². The maximum absolute atomic E-state index is 12.9. The lowest BCUT2D eigenvalue weighted by Gasteiger charge is -2.35. The molecule has 2 fully saturated rings. The average molecular weight is 372 g/mol. The van der Waals surface area contributed by atoms with Gasteiger partial charge in [-0.05, 0) is 36.3 Å². The van der Waals surface area contributed by atoms with Crippen LogP contribution in [-0.4, -0.2) is 54.5 Å². The molecular formula is C18H27Cl2N3O. The summed E-state index contributed by atoms with van der Waals surface area (Å²) in [5.74, 6) is 1.69. The predicted octanol–water partition coefficient (Wildman–Crippen LogP) is 1.95. The minimum absolute atomic E-state index is 0. The van der Waals surface area contributed by atoms with Gasteiger partial charge >= 0.3 is 0 Å². The molecule has 134 valence electrons. The van der Waals surface area contributed by atoms with Gasteiger partial charge in [0.05, 0.1) is 6.04 Å². The Morgan fingerprint density at radius 3 is 2.42 bits per heavy atom. The van der Waals surface area contributed by atoms with Crippen molar-refractivity contribution in [2.75, 3.05) is 32.7 Å². The molecule has 0 aliphatic carbocycles. The Morgan fingerprint density at radius 1 is 1.12 bits per heavy atom. The fraction of sp³-hybridized carbons (Fsp3) is 0.611. The fourth-order valence-corrected chi connectivity index (χ4v) is 4.30. The van der Waals surface area contributed by atoms with Crippen LogP contribution in [0.1, 0.15) is 18.1 Å². The highest BCUT2D eigenvalue weighted by Crippen LogP contribution is 2.28. The van der Waals surface area contributed by atoms with Gasteiger partial charge in [-0.2, -0.15) is 0 Å². The van der Waals surface area contributed by atoms with E-state index in [1.54, 1.807) is 0 Å². The second-order valence-electron chi connectivity index (χ2n) is 7.09. The number of hydrogen-bond acceptors (Lipinski definition) is 3. The Kier molecular flexibility index (Phi) is 6.54. The third-order valence-electron chi connectivity index (χ3n) is 5.77. The molecule has 3 atom stereocenters. The number of carbonyl (C=O) groups excluding carboxylic acids is 1. The molecule has 24 heavy (non-hydrogen) atoms. The number of amides is 1. The van der Waals surface area contributed by atoms with Gasteiger partial charge in [0.15, 0.2) is 0 Å². The van der Waals surface area contributed by atoms with Gasteiger partial charge in [0.1, 0.15) is 0 Å². The van der Waals surface area contributed by atoms with Crippen LogP contribution in [0.2, 0.25) is 0 Å². The van der Waals surface area contributed by atoms with Gasteiger partial charge in [0.2, 0.25) is 5.91 Å². The van der Waals surface area contributed by atoms with Crippen molar-refractivity contribution in [1.29, 1.82) is 0 Å². The first-order chi connectivity index (χ1) is 10.7. The van der Waals surface area contributed by atoms with E-state index in [0.29, 0.717) is 17.7 Å². The smallest absolute Gasteiger partial charge is 0.239 e. The Bertz CT molecular complexity index is 571. The Balaban J connectivity index is 0.00000104. The molecule has 1 unspecified atom stereocenters. The highest BCUT2D eigenvalue weighted by Gasteiger charge is 2.40. The molecule has 2 saturated heterocycles. The van der Waals surface area contributed by atoms with E-state index in [-0.39, 0.29) is 30.9 Å². The van der Waals surface area contributed by atoms with Crippen LogP contribution in [0.15, 0.2) is 24.3 Å². The van der Waals surface area contributed by atoms with Crippen LogP contribution in [0, 0.1) is 11.8 Å². The van der Waals surface area contributed by atoms with E-state index in [4.69, 9.17) is 0 Å². The zero-order chi connectivity index (χ0) is 15.1. The van der Waals surface area contributed by atoms with E-state index in [1.165, 1.54) is 11.1 Å². The Morgan fingerprint density at radius 2 is 1.75 bits per heavy atom. The molecule has 3 heterocycles. The van der Waals surface area contributed by atoms with Gasteiger partial charge in [-0.25, -0.2) is 0 Å². The van der Waals surface area contributed by atoms with E-state index in [2.05, 4.69) is 46.3 Å². The molecule has 3 aliphatic heterocycles. The molecule has 4 rings (SSSR count). The average Bonchev–Trinajstić information content (AvgIpc) is 3.14. The van der Waals surface area contributed by atoms with Gasteiger partial charge in [0.25, 0.3) is 0 Å². The summed E-state index contributed by atoms with van der Waals surface area (Å²) in [6, 6.07) is 8.63. The number of rotatable bonds is 2. The zero-order valence-electron chi connectivity index (χ0n) is 14.1. The van der Waals surface area contributed by atoms with Crippen molar-refractivity contribution in [1.82, 2.24) is 15.1 Å². The lowest BCUT2D eigenvalue weighted by atomic mass is 9.98. The van der Waals surface area contributed by atoms with E-state index >= 15 is 0 Å².